The molecule has 0 amide bonds. The van der Waals surface area contributed by atoms with Gasteiger partial charge in [-0.15, -0.1) is 0 Å². The molecule has 0 fully saturated rings. The topological polar surface area (TPSA) is 89.9 Å². The number of nitrogens with zero attached hydrogens (tertiary/aromatic N) is 1. The van der Waals surface area contributed by atoms with Crippen molar-refractivity contribution in [2.75, 3.05) is 4.31 Å². The average Bonchev–Trinajstić information content (AvgIpc) is 2.59. The highest BCUT2D eigenvalue weighted by molar-refractivity contribution is 7.91. The van der Waals surface area contributed by atoms with E-state index in [2.05, 4.69) is 0 Å². The minimum atomic E-state index is -4.31. The lowest BCUT2D eigenvalue weighted by molar-refractivity contribution is -0.134. The molecule has 0 saturated carbocycles. The molecule has 1 aliphatic rings. The summed E-state index contributed by atoms with van der Waals surface area (Å²) in [5.41, 5.74) is 0.0358. The highest BCUT2D eigenvalue weighted by Crippen LogP contribution is 2.33. The number of hydrogen-bond donors (Lipinski definition) is 3. The SMILES string of the molecule is O=S1(=O)NC(O)=CN1c1ccc(CCC(F)(F)F)cc1O. The predicted octanol–water partition coefficient (Wildman–Crippen LogP) is 1.90. The zero-order valence-electron chi connectivity index (χ0n) is 10.4. The summed E-state index contributed by atoms with van der Waals surface area (Å²) in [6.45, 7) is 0. The summed E-state index contributed by atoms with van der Waals surface area (Å²) in [7, 11) is -4.06. The van der Waals surface area contributed by atoms with Crippen molar-refractivity contribution >= 4 is 15.9 Å². The second-order valence-electron chi connectivity index (χ2n) is 4.36. The number of aliphatic hydroxyl groups excluding tert-OH is 1. The third-order valence-electron chi connectivity index (χ3n) is 2.71. The van der Waals surface area contributed by atoms with Gasteiger partial charge < -0.3 is 10.2 Å². The zero-order chi connectivity index (χ0) is 15.8. The molecule has 0 unspecified atom stereocenters. The number of nitrogens with one attached hydrogen (secondary N) is 1. The maximum absolute atomic E-state index is 12.1. The fourth-order valence-corrected chi connectivity index (χ4v) is 2.85. The Kier molecular flexibility index (Phi) is 3.66. The number of aromatic hydroxyl groups is 1. The third kappa shape index (κ3) is 3.51. The largest absolute Gasteiger partial charge is 0.506 e. The maximum atomic E-state index is 12.1. The van der Waals surface area contributed by atoms with Crippen molar-refractivity contribution < 1.29 is 31.8 Å². The summed E-state index contributed by atoms with van der Waals surface area (Å²) in [4.78, 5) is 0. The number of anilines is 1. The molecule has 1 heterocycles. The lowest BCUT2D eigenvalue weighted by Crippen LogP contribution is -2.29. The van der Waals surface area contributed by atoms with E-state index >= 15 is 0 Å². The molecule has 10 heteroatoms. The van der Waals surface area contributed by atoms with Crippen molar-refractivity contribution in [2.45, 2.75) is 19.0 Å². The molecule has 1 aliphatic heterocycles. The van der Waals surface area contributed by atoms with Gasteiger partial charge >= 0.3 is 16.4 Å². The quantitative estimate of drug-likeness (QED) is 0.792. The predicted molar refractivity (Wildman–Crippen MR) is 67.7 cm³/mol. The molecule has 0 spiro atoms. The lowest BCUT2D eigenvalue weighted by Gasteiger charge is -2.16. The van der Waals surface area contributed by atoms with Crippen LogP contribution in [0.1, 0.15) is 12.0 Å². The molecule has 0 radical (unpaired) electrons. The number of alkyl halides is 3. The summed E-state index contributed by atoms with van der Waals surface area (Å²) in [6, 6.07) is 3.49. The van der Waals surface area contributed by atoms with Gasteiger partial charge in [-0.05, 0) is 24.1 Å². The van der Waals surface area contributed by atoms with Gasteiger partial charge in [0, 0.05) is 6.42 Å². The molecule has 1 aromatic carbocycles. The number of phenols is 1. The van der Waals surface area contributed by atoms with Crippen LogP contribution in [0.25, 0.3) is 0 Å². The Morgan fingerprint density at radius 1 is 1.24 bits per heavy atom. The summed E-state index contributed by atoms with van der Waals surface area (Å²) in [6.07, 6.45) is -4.86. The van der Waals surface area contributed by atoms with E-state index < -0.39 is 34.4 Å². The van der Waals surface area contributed by atoms with Gasteiger partial charge in [0.2, 0.25) is 5.88 Å². The molecule has 0 saturated heterocycles. The standard InChI is InChI=1S/C11H11F3N2O4S/c12-11(13,14)4-3-7-1-2-8(9(17)5-7)16-6-10(18)15-21(16,19)20/h1-2,5-6,15,17-18H,3-4H2. The van der Waals surface area contributed by atoms with Crippen LogP contribution in [0.4, 0.5) is 18.9 Å². The van der Waals surface area contributed by atoms with Crippen LogP contribution in [0, 0.1) is 0 Å². The van der Waals surface area contributed by atoms with Gasteiger partial charge in [-0.3, -0.25) is 0 Å². The van der Waals surface area contributed by atoms with Crippen molar-refractivity contribution in [3.8, 4) is 5.75 Å². The molecule has 0 aliphatic carbocycles. The van der Waals surface area contributed by atoms with E-state index in [1.54, 1.807) is 4.72 Å². The highest BCUT2D eigenvalue weighted by Gasteiger charge is 2.31. The minimum Gasteiger partial charge on any atom is -0.506 e. The zero-order valence-corrected chi connectivity index (χ0v) is 11.2. The molecular formula is C11H11F3N2O4S. The molecular weight excluding hydrogens is 313 g/mol. The first-order chi connectivity index (χ1) is 9.58. The highest BCUT2D eigenvalue weighted by atomic mass is 32.2. The van der Waals surface area contributed by atoms with Gasteiger partial charge in [0.05, 0.1) is 6.20 Å². The lowest BCUT2D eigenvalue weighted by atomic mass is 10.1. The first kappa shape index (κ1) is 15.3. The van der Waals surface area contributed by atoms with Crippen LogP contribution in [0.2, 0.25) is 0 Å². The average molecular weight is 324 g/mol. The molecule has 0 bridgehead atoms. The van der Waals surface area contributed by atoms with Gasteiger partial charge in [0.1, 0.15) is 11.4 Å². The van der Waals surface area contributed by atoms with Crippen molar-refractivity contribution in [2.24, 2.45) is 0 Å². The van der Waals surface area contributed by atoms with E-state index in [9.17, 15) is 26.7 Å². The van der Waals surface area contributed by atoms with E-state index in [1.165, 1.54) is 6.07 Å². The first-order valence-electron chi connectivity index (χ1n) is 5.70. The fourth-order valence-electron chi connectivity index (χ4n) is 1.78. The van der Waals surface area contributed by atoms with Crippen molar-refractivity contribution in [3.63, 3.8) is 0 Å². The van der Waals surface area contributed by atoms with Crippen LogP contribution in [0.3, 0.4) is 0 Å². The number of phenolic OH excluding ortho intramolecular Hbond substituents is 1. The van der Waals surface area contributed by atoms with Gasteiger partial charge in [0.15, 0.2) is 0 Å². The second-order valence-corrected chi connectivity index (χ2v) is 5.90. The fraction of sp³-hybridized carbons (Fsp3) is 0.273. The van der Waals surface area contributed by atoms with Gasteiger partial charge in [-0.1, -0.05) is 6.07 Å². The molecule has 0 aromatic heterocycles. The van der Waals surface area contributed by atoms with E-state index in [1.807, 2.05) is 0 Å². The summed E-state index contributed by atoms with van der Waals surface area (Å²) in [5, 5.41) is 18.9. The molecule has 0 atom stereocenters. The van der Waals surface area contributed by atoms with E-state index in [0.717, 1.165) is 18.3 Å². The maximum Gasteiger partial charge on any atom is 0.389 e. The van der Waals surface area contributed by atoms with Crippen LogP contribution in [-0.2, 0) is 16.6 Å². The number of aryl methyl sites for hydroxylation is 1. The number of benzene rings is 1. The Hall–Kier alpha value is -2.10. The van der Waals surface area contributed by atoms with Crippen molar-refractivity contribution in [1.29, 1.82) is 0 Å². The normalized spacial score (nSPS) is 17.5. The Morgan fingerprint density at radius 2 is 1.90 bits per heavy atom. The van der Waals surface area contributed by atoms with Crippen molar-refractivity contribution in [3.05, 3.63) is 35.8 Å². The monoisotopic (exact) mass is 324 g/mol. The van der Waals surface area contributed by atoms with Gasteiger partial charge in [0.25, 0.3) is 0 Å². The number of halogens is 3. The minimum absolute atomic E-state index is 0.178. The Balaban J connectivity index is 2.24. The number of rotatable bonds is 3. The summed E-state index contributed by atoms with van der Waals surface area (Å²) >= 11 is 0. The number of hydrogen-bond acceptors (Lipinski definition) is 4. The third-order valence-corrected chi connectivity index (χ3v) is 3.99. The first-order valence-corrected chi connectivity index (χ1v) is 7.14. The van der Waals surface area contributed by atoms with Crippen LogP contribution in [0.15, 0.2) is 30.3 Å². The number of aliphatic hydroxyl groups is 1. The van der Waals surface area contributed by atoms with E-state index in [0.29, 0.717) is 4.31 Å². The molecule has 2 rings (SSSR count). The van der Waals surface area contributed by atoms with E-state index in [-0.39, 0.29) is 17.7 Å². The molecule has 1 aromatic rings. The van der Waals surface area contributed by atoms with E-state index in [4.69, 9.17) is 5.11 Å². The smallest absolute Gasteiger partial charge is 0.389 e. The summed E-state index contributed by atoms with van der Waals surface area (Å²) < 4.78 is 61.9. The van der Waals surface area contributed by atoms with Crippen molar-refractivity contribution in [1.82, 2.24) is 4.72 Å². The van der Waals surface area contributed by atoms with Crippen LogP contribution < -0.4 is 9.03 Å². The van der Waals surface area contributed by atoms with Crippen LogP contribution in [0.5, 0.6) is 5.75 Å². The molecule has 6 nitrogen and oxygen atoms in total. The van der Waals surface area contributed by atoms with Crippen LogP contribution >= 0.6 is 0 Å². The second kappa shape index (κ2) is 5.02. The molecule has 21 heavy (non-hydrogen) atoms. The molecule has 116 valence electrons. The molecule has 3 N–H and O–H groups in total. The summed E-state index contributed by atoms with van der Waals surface area (Å²) in [5.74, 6) is -1.14. The Labute approximate surface area is 118 Å². The van der Waals surface area contributed by atoms with Gasteiger partial charge in [-0.2, -0.15) is 21.6 Å². The Bertz CT molecular complexity index is 685. The van der Waals surface area contributed by atoms with Crippen LogP contribution in [-0.4, -0.2) is 24.8 Å². The van der Waals surface area contributed by atoms with Gasteiger partial charge in [-0.25, -0.2) is 9.03 Å². The Morgan fingerprint density at radius 3 is 2.38 bits per heavy atom.